The number of thiazole rings is 1. The molecule has 0 unspecified atom stereocenters. The van der Waals surface area contributed by atoms with Gasteiger partial charge >= 0.3 is 5.97 Å². The number of ether oxygens (including phenoxy) is 4. The molecule has 0 amide bonds. The van der Waals surface area contributed by atoms with Crippen molar-refractivity contribution in [3.05, 3.63) is 84.5 Å². The number of benzene rings is 2. The smallest absolute Gasteiger partial charge is 0.338 e. The summed E-state index contributed by atoms with van der Waals surface area (Å²) in [5.41, 5.74) is 2.15. The summed E-state index contributed by atoms with van der Waals surface area (Å²) in [6.45, 7) is 10.2. The van der Waals surface area contributed by atoms with E-state index in [4.69, 9.17) is 18.9 Å². The van der Waals surface area contributed by atoms with Gasteiger partial charge in [-0.05, 0) is 74.6 Å². The maximum atomic E-state index is 13.9. The number of nitrogens with zero attached hydrogens (tertiary/aromatic N) is 2. The van der Waals surface area contributed by atoms with Gasteiger partial charge in [-0.2, -0.15) is 0 Å². The Hall–Kier alpha value is -3.85. The van der Waals surface area contributed by atoms with E-state index in [0.717, 1.165) is 17.5 Å². The lowest BCUT2D eigenvalue weighted by molar-refractivity contribution is -0.143. The summed E-state index contributed by atoms with van der Waals surface area (Å²) >= 11 is 1.27. The maximum Gasteiger partial charge on any atom is 0.338 e. The Bertz CT molecular complexity index is 1580. The Morgan fingerprint density at radius 3 is 2.40 bits per heavy atom. The zero-order chi connectivity index (χ0) is 29.0. The lowest BCUT2D eigenvalue weighted by Gasteiger charge is -2.25. The second-order valence-electron chi connectivity index (χ2n) is 10.3. The Kier molecular flexibility index (Phi) is 9.14. The van der Waals surface area contributed by atoms with Crippen molar-refractivity contribution in [2.75, 3.05) is 20.8 Å². The van der Waals surface area contributed by atoms with E-state index in [1.165, 1.54) is 11.3 Å². The highest BCUT2D eigenvalue weighted by atomic mass is 32.1. The number of esters is 1. The molecular weight excluding hydrogens is 528 g/mol. The van der Waals surface area contributed by atoms with Crippen LogP contribution in [-0.2, 0) is 9.53 Å². The van der Waals surface area contributed by atoms with Crippen molar-refractivity contribution in [1.82, 2.24) is 4.57 Å². The SMILES string of the molecule is COc1ccc([C@@H]2C(C(=O)OC(C)C)=C(C)N=c3s/c(=C/c4ccc(OCCC(C)C)c(OC)c4)c(=O)n32)cc1. The molecular formula is C31H36N2O6S. The van der Waals surface area contributed by atoms with Crippen LogP contribution in [0, 0.1) is 5.92 Å². The largest absolute Gasteiger partial charge is 0.497 e. The zero-order valence-corrected chi connectivity index (χ0v) is 24.8. The minimum Gasteiger partial charge on any atom is -0.497 e. The van der Waals surface area contributed by atoms with Crippen LogP contribution < -0.4 is 29.1 Å². The summed E-state index contributed by atoms with van der Waals surface area (Å²) < 4.78 is 24.4. The molecule has 0 bridgehead atoms. The summed E-state index contributed by atoms with van der Waals surface area (Å²) in [4.78, 5) is 32.3. The Balaban J connectivity index is 1.80. The molecule has 0 radical (unpaired) electrons. The Labute approximate surface area is 238 Å². The molecule has 3 aromatic rings. The molecule has 0 saturated heterocycles. The number of hydrogen-bond donors (Lipinski definition) is 0. The minimum atomic E-state index is -0.693. The van der Waals surface area contributed by atoms with Crippen LogP contribution in [0.4, 0.5) is 0 Å². The van der Waals surface area contributed by atoms with Crippen LogP contribution in [0.25, 0.3) is 6.08 Å². The van der Waals surface area contributed by atoms with Gasteiger partial charge in [-0.3, -0.25) is 9.36 Å². The first-order valence-corrected chi connectivity index (χ1v) is 14.1. The van der Waals surface area contributed by atoms with Gasteiger partial charge in [-0.15, -0.1) is 0 Å². The van der Waals surface area contributed by atoms with Crippen LogP contribution in [0.2, 0.25) is 0 Å². The van der Waals surface area contributed by atoms with Crippen molar-refractivity contribution in [2.45, 2.75) is 53.2 Å². The van der Waals surface area contributed by atoms with Crippen molar-refractivity contribution in [3.63, 3.8) is 0 Å². The van der Waals surface area contributed by atoms with E-state index in [0.29, 0.717) is 50.4 Å². The third-order valence-electron chi connectivity index (χ3n) is 6.45. The molecule has 212 valence electrons. The normalized spacial score (nSPS) is 15.2. The van der Waals surface area contributed by atoms with Crippen molar-refractivity contribution in [1.29, 1.82) is 0 Å². The van der Waals surface area contributed by atoms with E-state index in [2.05, 4.69) is 18.8 Å². The molecule has 0 spiro atoms. The number of allylic oxidation sites excluding steroid dienone is 1. The van der Waals surface area contributed by atoms with Gasteiger partial charge in [0.25, 0.3) is 5.56 Å². The number of rotatable bonds is 10. The van der Waals surface area contributed by atoms with Crippen molar-refractivity contribution < 1.29 is 23.7 Å². The first kappa shape index (κ1) is 29.1. The number of aromatic nitrogens is 1. The number of fused-ring (bicyclic) bond motifs is 1. The van der Waals surface area contributed by atoms with Gasteiger partial charge in [-0.25, -0.2) is 9.79 Å². The molecule has 1 aliphatic heterocycles. The molecule has 40 heavy (non-hydrogen) atoms. The van der Waals surface area contributed by atoms with Gasteiger partial charge in [0.2, 0.25) is 0 Å². The monoisotopic (exact) mass is 564 g/mol. The highest BCUT2D eigenvalue weighted by Gasteiger charge is 2.33. The van der Waals surface area contributed by atoms with E-state index in [1.54, 1.807) is 45.6 Å². The van der Waals surface area contributed by atoms with Gasteiger partial charge in [0.1, 0.15) is 5.75 Å². The Morgan fingerprint density at radius 2 is 1.77 bits per heavy atom. The molecule has 0 fully saturated rings. The number of carbonyl (C=O) groups is 1. The van der Waals surface area contributed by atoms with Crippen molar-refractivity contribution >= 4 is 23.4 Å². The average molecular weight is 565 g/mol. The van der Waals surface area contributed by atoms with E-state index in [9.17, 15) is 9.59 Å². The van der Waals surface area contributed by atoms with Crippen LogP contribution in [-0.4, -0.2) is 37.5 Å². The number of hydrogen-bond acceptors (Lipinski definition) is 8. The first-order valence-electron chi connectivity index (χ1n) is 13.3. The third-order valence-corrected chi connectivity index (χ3v) is 7.44. The van der Waals surface area contributed by atoms with E-state index < -0.39 is 12.0 Å². The lowest BCUT2D eigenvalue weighted by Crippen LogP contribution is -2.40. The van der Waals surface area contributed by atoms with E-state index in [-0.39, 0.29) is 11.7 Å². The maximum absolute atomic E-state index is 13.9. The van der Waals surface area contributed by atoms with Crippen molar-refractivity contribution in [3.8, 4) is 17.2 Å². The molecule has 4 rings (SSSR count). The second-order valence-corrected chi connectivity index (χ2v) is 11.3. The van der Waals surface area contributed by atoms with Crippen LogP contribution in [0.15, 0.2) is 63.5 Å². The van der Waals surface area contributed by atoms with E-state index in [1.807, 2.05) is 42.5 Å². The second kappa shape index (κ2) is 12.6. The fourth-order valence-electron chi connectivity index (χ4n) is 4.41. The summed E-state index contributed by atoms with van der Waals surface area (Å²) in [5.74, 6) is 1.97. The van der Waals surface area contributed by atoms with Gasteiger partial charge in [0.15, 0.2) is 16.3 Å². The molecule has 1 aliphatic rings. The standard InChI is InChI=1S/C31H36N2O6S/c1-18(2)14-15-38-24-13-8-21(16-25(24)37-7)17-26-29(34)33-28(22-9-11-23(36-6)12-10-22)27(30(35)39-19(3)4)20(5)32-31(33)40-26/h8-13,16-19,28H,14-15H2,1-7H3/b26-17+/t28-/m1/s1. The average Bonchev–Trinajstić information content (AvgIpc) is 3.21. The predicted octanol–water partition coefficient (Wildman–Crippen LogP) is 4.63. The third kappa shape index (κ3) is 6.31. The highest BCUT2D eigenvalue weighted by molar-refractivity contribution is 7.07. The minimum absolute atomic E-state index is 0.247. The molecule has 0 aliphatic carbocycles. The highest BCUT2D eigenvalue weighted by Crippen LogP contribution is 2.32. The molecule has 0 saturated carbocycles. The summed E-state index contributed by atoms with van der Waals surface area (Å²) in [7, 11) is 3.19. The number of carbonyl (C=O) groups excluding carboxylic acids is 1. The molecule has 2 heterocycles. The molecule has 0 N–H and O–H groups in total. The van der Waals surface area contributed by atoms with Gasteiger partial charge < -0.3 is 18.9 Å². The quantitative estimate of drug-likeness (QED) is 0.334. The van der Waals surface area contributed by atoms with Gasteiger partial charge in [0, 0.05) is 0 Å². The van der Waals surface area contributed by atoms with Gasteiger partial charge in [-0.1, -0.05) is 43.4 Å². The number of methoxy groups -OCH3 is 2. The van der Waals surface area contributed by atoms with Crippen LogP contribution in [0.1, 0.15) is 58.2 Å². The summed E-state index contributed by atoms with van der Waals surface area (Å²) in [6.07, 6.45) is 2.43. The van der Waals surface area contributed by atoms with Crippen molar-refractivity contribution in [2.24, 2.45) is 10.9 Å². The van der Waals surface area contributed by atoms with Crippen LogP contribution in [0.3, 0.4) is 0 Å². The van der Waals surface area contributed by atoms with Crippen LogP contribution in [0.5, 0.6) is 17.2 Å². The molecule has 8 nitrogen and oxygen atoms in total. The fourth-order valence-corrected chi connectivity index (χ4v) is 5.46. The van der Waals surface area contributed by atoms with Crippen LogP contribution >= 0.6 is 11.3 Å². The zero-order valence-electron chi connectivity index (χ0n) is 24.0. The fraction of sp³-hybridized carbons (Fsp3) is 0.387. The molecule has 9 heteroatoms. The molecule has 1 atom stereocenters. The topological polar surface area (TPSA) is 88.4 Å². The molecule has 1 aromatic heterocycles. The Morgan fingerprint density at radius 1 is 1.05 bits per heavy atom. The van der Waals surface area contributed by atoms with Gasteiger partial charge in [0.05, 0.1) is 48.8 Å². The predicted molar refractivity (Wildman–Crippen MR) is 156 cm³/mol. The molecule has 2 aromatic carbocycles. The van der Waals surface area contributed by atoms with E-state index >= 15 is 0 Å². The lowest BCUT2D eigenvalue weighted by atomic mass is 9.96. The first-order chi connectivity index (χ1) is 19.1. The summed E-state index contributed by atoms with van der Waals surface area (Å²) in [6, 6.07) is 12.2. The summed E-state index contributed by atoms with van der Waals surface area (Å²) in [5, 5.41) is 0.